The molecule has 1 aliphatic rings. The molecule has 0 spiro atoms. The van der Waals surface area contributed by atoms with Gasteiger partial charge in [0.2, 0.25) is 5.79 Å². The molecular formula is C19H27NO4. The summed E-state index contributed by atoms with van der Waals surface area (Å²) in [4.78, 5) is 12.3. The molecule has 0 saturated heterocycles. The Labute approximate surface area is 144 Å². The van der Waals surface area contributed by atoms with Crippen LogP contribution < -0.4 is 5.32 Å². The summed E-state index contributed by atoms with van der Waals surface area (Å²) in [7, 11) is 0. The number of nitrogens with one attached hydrogen (secondary N) is 1. The molecule has 1 amide bonds. The summed E-state index contributed by atoms with van der Waals surface area (Å²) in [6.45, 7) is 10.2. The summed E-state index contributed by atoms with van der Waals surface area (Å²) < 4.78 is 17.5. The maximum Gasteiger partial charge on any atom is 0.408 e. The van der Waals surface area contributed by atoms with E-state index in [9.17, 15) is 4.79 Å². The van der Waals surface area contributed by atoms with Crippen molar-refractivity contribution in [3.05, 3.63) is 41.5 Å². The van der Waals surface area contributed by atoms with E-state index in [0.717, 1.165) is 11.1 Å². The summed E-state index contributed by atoms with van der Waals surface area (Å²) in [6, 6.07) is 7.39. The van der Waals surface area contributed by atoms with Crippen LogP contribution in [-0.2, 0) is 20.0 Å². The van der Waals surface area contributed by atoms with Crippen LogP contribution in [0.2, 0.25) is 0 Å². The van der Waals surface area contributed by atoms with E-state index >= 15 is 0 Å². The lowest BCUT2D eigenvalue weighted by Gasteiger charge is -2.42. The molecule has 0 aliphatic heterocycles. The first-order valence-corrected chi connectivity index (χ1v) is 8.37. The van der Waals surface area contributed by atoms with E-state index in [1.54, 1.807) is 0 Å². The van der Waals surface area contributed by atoms with Crippen LogP contribution in [-0.4, -0.2) is 30.9 Å². The van der Waals surface area contributed by atoms with E-state index in [-0.39, 0.29) is 0 Å². The van der Waals surface area contributed by atoms with Gasteiger partial charge in [-0.15, -0.1) is 0 Å². The van der Waals surface area contributed by atoms with Crippen molar-refractivity contribution in [2.24, 2.45) is 0 Å². The number of carbonyl (C=O) groups is 1. The fourth-order valence-electron chi connectivity index (χ4n) is 2.84. The Morgan fingerprint density at radius 3 is 2.38 bits per heavy atom. The van der Waals surface area contributed by atoms with Gasteiger partial charge in [-0.05, 0) is 40.2 Å². The van der Waals surface area contributed by atoms with Crippen molar-refractivity contribution in [3.8, 4) is 0 Å². The molecule has 1 aromatic rings. The zero-order chi connectivity index (χ0) is 17.8. The van der Waals surface area contributed by atoms with Crippen molar-refractivity contribution in [3.63, 3.8) is 0 Å². The van der Waals surface area contributed by atoms with Crippen molar-refractivity contribution in [1.82, 2.24) is 5.32 Å². The lowest BCUT2D eigenvalue weighted by Crippen LogP contribution is -2.55. The first kappa shape index (κ1) is 18.5. The van der Waals surface area contributed by atoms with Gasteiger partial charge in [0.15, 0.2) is 0 Å². The van der Waals surface area contributed by atoms with E-state index in [4.69, 9.17) is 14.2 Å². The minimum Gasteiger partial charge on any atom is -0.444 e. The highest BCUT2D eigenvalue weighted by molar-refractivity contribution is 5.70. The Hall–Kier alpha value is -1.85. The van der Waals surface area contributed by atoms with E-state index in [2.05, 4.69) is 5.32 Å². The molecule has 0 saturated carbocycles. The van der Waals surface area contributed by atoms with Crippen molar-refractivity contribution >= 4 is 12.2 Å². The molecule has 1 unspecified atom stereocenters. The van der Waals surface area contributed by atoms with Crippen molar-refractivity contribution in [1.29, 1.82) is 0 Å². The molecular weight excluding hydrogens is 306 g/mol. The molecule has 2 rings (SSSR count). The minimum absolute atomic E-state index is 0.453. The molecule has 132 valence electrons. The van der Waals surface area contributed by atoms with Gasteiger partial charge in [0.1, 0.15) is 11.6 Å². The molecule has 0 heterocycles. The Bertz CT molecular complexity index is 598. The predicted molar refractivity (Wildman–Crippen MR) is 93.6 cm³/mol. The molecule has 1 aliphatic carbocycles. The summed E-state index contributed by atoms with van der Waals surface area (Å²) in [5, 5.41) is 2.88. The van der Waals surface area contributed by atoms with E-state index in [0.29, 0.717) is 13.2 Å². The predicted octanol–water partition coefficient (Wildman–Crippen LogP) is 3.83. The van der Waals surface area contributed by atoms with Crippen molar-refractivity contribution in [2.45, 2.75) is 52.0 Å². The molecule has 5 heteroatoms. The van der Waals surface area contributed by atoms with Gasteiger partial charge in [-0.2, -0.15) is 0 Å². The Morgan fingerprint density at radius 2 is 1.79 bits per heavy atom. The van der Waals surface area contributed by atoms with Crippen LogP contribution in [0.1, 0.15) is 45.7 Å². The van der Waals surface area contributed by atoms with Crippen LogP contribution in [0.3, 0.4) is 0 Å². The fraction of sp³-hybridized carbons (Fsp3) is 0.526. The van der Waals surface area contributed by atoms with Crippen LogP contribution in [0, 0.1) is 0 Å². The third-order valence-electron chi connectivity index (χ3n) is 3.60. The van der Waals surface area contributed by atoms with E-state index < -0.39 is 23.5 Å². The lowest BCUT2D eigenvalue weighted by molar-refractivity contribution is -0.252. The van der Waals surface area contributed by atoms with Gasteiger partial charge >= 0.3 is 6.09 Å². The quantitative estimate of drug-likeness (QED) is 0.832. The topological polar surface area (TPSA) is 56.8 Å². The largest absolute Gasteiger partial charge is 0.444 e. The Balaban J connectivity index is 2.37. The van der Waals surface area contributed by atoms with Crippen LogP contribution in [0.5, 0.6) is 0 Å². The minimum atomic E-state index is -1.06. The Kier molecular flexibility index (Phi) is 5.67. The number of hydrogen-bond acceptors (Lipinski definition) is 4. The van der Waals surface area contributed by atoms with Gasteiger partial charge in [-0.3, -0.25) is 0 Å². The molecule has 0 fully saturated rings. The van der Waals surface area contributed by atoms with E-state index in [1.165, 1.54) is 0 Å². The highest BCUT2D eigenvalue weighted by Gasteiger charge is 2.45. The van der Waals surface area contributed by atoms with Gasteiger partial charge in [-0.25, -0.2) is 4.79 Å². The summed E-state index contributed by atoms with van der Waals surface area (Å²) in [5.41, 5.74) is 1.35. The number of rotatable bonds is 5. The van der Waals surface area contributed by atoms with Crippen molar-refractivity contribution < 1.29 is 19.0 Å². The summed E-state index contributed by atoms with van der Waals surface area (Å²) in [5.74, 6) is -1.06. The molecule has 1 atom stereocenters. The first-order chi connectivity index (χ1) is 11.3. The average molecular weight is 333 g/mol. The number of hydrogen-bond donors (Lipinski definition) is 1. The highest BCUT2D eigenvalue weighted by Crippen LogP contribution is 2.38. The highest BCUT2D eigenvalue weighted by atomic mass is 16.7. The third kappa shape index (κ3) is 3.97. The number of amides is 1. The zero-order valence-electron chi connectivity index (χ0n) is 15.1. The van der Waals surface area contributed by atoms with E-state index in [1.807, 2.05) is 71.0 Å². The first-order valence-electron chi connectivity index (χ1n) is 8.37. The molecule has 5 nitrogen and oxygen atoms in total. The number of ether oxygens (including phenoxy) is 3. The fourth-order valence-corrected chi connectivity index (χ4v) is 2.84. The maximum atomic E-state index is 12.3. The van der Waals surface area contributed by atoms with Crippen molar-refractivity contribution in [2.75, 3.05) is 13.2 Å². The molecule has 24 heavy (non-hydrogen) atoms. The average Bonchev–Trinajstić information content (AvgIpc) is 2.49. The number of carbonyl (C=O) groups excluding carboxylic acids is 1. The second kappa shape index (κ2) is 7.36. The zero-order valence-corrected chi connectivity index (χ0v) is 15.1. The number of fused-ring (bicyclic) bond motifs is 1. The maximum absolute atomic E-state index is 12.3. The van der Waals surface area contributed by atoms with Crippen LogP contribution in [0.4, 0.5) is 4.79 Å². The monoisotopic (exact) mass is 333 g/mol. The second-order valence-electron chi connectivity index (χ2n) is 6.60. The SMILES string of the molecule is CCOC1(OCC)c2ccccc2C=CC1NC(=O)OC(C)(C)C. The van der Waals surface area contributed by atoms with Gasteiger partial charge in [0.25, 0.3) is 0 Å². The second-order valence-corrected chi connectivity index (χ2v) is 6.60. The number of benzene rings is 1. The molecule has 0 aromatic heterocycles. The smallest absolute Gasteiger partial charge is 0.408 e. The standard InChI is InChI=1S/C19H27NO4/c1-6-22-19(23-7-2)15-11-9-8-10-14(15)12-13-16(19)20-17(21)24-18(3,4)5/h8-13,16H,6-7H2,1-5H3,(H,20,21). The number of alkyl carbamates (subject to hydrolysis) is 1. The van der Waals surface area contributed by atoms with Gasteiger partial charge in [0.05, 0.1) is 0 Å². The lowest BCUT2D eigenvalue weighted by atomic mass is 9.87. The third-order valence-corrected chi connectivity index (χ3v) is 3.60. The Morgan fingerprint density at radius 1 is 1.17 bits per heavy atom. The normalized spacial score (nSPS) is 18.8. The summed E-state index contributed by atoms with van der Waals surface area (Å²) >= 11 is 0. The van der Waals surface area contributed by atoms with Crippen LogP contribution in [0.15, 0.2) is 30.3 Å². The summed E-state index contributed by atoms with van der Waals surface area (Å²) in [6.07, 6.45) is 3.35. The van der Waals surface area contributed by atoms with Gasteiger partial charge in [0, 0.05) is 18.8 Å². The molecule has 0 bridgehead atoms. The van der Waals surface area contributed by atoms with Gasteiger partial charge < -0.3 is 19.5 Å². The van der Waals surface area contributed by atoms with Crippen LogP contribution >= 0.6 is 0 Å². The van der Waals surface area contributed by atoms with Gasteiger partial charge in [-0.1, -0.05) is 36.4 Å². The molecule has 0 radical (unpaired) electrons. The molecule has 1 N–H and O–H groups in total. The van der Waals surface area contributed by atoms with Crippen LogP contribution in [0.25, 0.3) is 6.08 Å². The molecule has 1 aromatic carbocycles.